The van der Waals surface area contributed by atoms with Gasteiger partial charge in [-0.3, -0.25) is 4.31 Å². The zero-order chi connectivity index (χ0) is 23.5. The maximum Gasteiger partial charge on any atom is 0.373 e. The van der Waals surface area contributed by atoms with Crippen molar-refractivity contribution in [3.8, 4) is 0 Å². The second-order valence-electron chi connectivity index (χ2n) is 6.42. The zero-order valence-corrected chi connectivity index (χ0v) is 18.4. The number of sulfonamides is 1. The number of carbonyl (C=O) groups excluding carboxylic acids is 2. The van der Waals surface area contributed by atoms with E-state index < -0.39 is 27.8 Å². The molecule has 0 saturated carbocycles. The van der Waals surface area contributed by atoms with E-state index in [0.29, 0.717) is 0 Å². The van der Waals surface area contributed by atoms with Gasteiger partial charge in [-0.15, -0.1) is 0 Å². The Bertz CT molecular complexity index is 1260. The van der Waals surface area contributed by atoms with E-state index in [4.69, 9.17) is 20.8 Å². The molecular formula is C21H17ClFNO7S. The van der Waals surface area contributed by atoms with Gasteiger partial charge in [-0.2, -0.15) is 0 Å². The molecule has 3 rings (SSSR count). The van der Waals surface area contributed by atoms with E-state index in [-0.39, 0.29) is 39.3 Å². The van der Waals surface area contributed by atoms with Gasteiger partial charge in [0.1, 0.15) is 18.2 Å². The van der Waals surface area contributed by atoms with Gasteiger partial charge in [0.05, 0.1) is 28.3 Å². The first-order valence-corrected chi connectivity index (χ1v) is 10.8. The van der Waals surface area contributed by atoms with Crippen molar-refractivity contribution in [1.82, 2.24) is 0 Å². The Labute approximate surface area is 188 Å². The van der Waals surface area contributed by atoms with Crippen molar-refractivity contribution in [2.45, 2.75) is 11.5 Å². The maximum atomic E-state index is 13.1. The third kappa shape index (κ3) is 4.92. The van der Waals surface area contributed by atoms with Crippen LogP contribution >= 0.6 is 11.6 Å². The Kier molecular flexibility index (Phi) is 6.85. The fourth-order valence-electron chi connectivity index (χ4n) is 2.65. The molecule has 32 heavy (non-hydrogen) atoms. The van der Waals surface area contributed by atoms with Crippen molar-refractivity contribution < 1.29 is 36.3 Å². The Morgan fingerprint density at radius 3 is 2.41 bits per heavy atom. The summed E-state index contributed by atoms with van der Waals surface area (Å²) >= 11 is 6.07. The molecule has 0 N–H and O–H groups in total. The predicted molar refractivity (Wildman–Crippen MR) is 113 cm³/mol. The van der Waals surface area contributed by atoms with Crippen LogP contribution in [0.15, 0.2) is 63.9 Å². The van der Waals surface area contributed by atoms with Gasteiger partial charge in [-0.05, 0) is 54.6 Å². The van der Waals surface area contributed by atoms with E-state index >= 15 is 0 Å². The number of rotatable bonds is 7. The van der Waals surface area contributed by atoms with Crippen LogP contribution in [0.4, 0.5) is 10.1 Å². The van der Waals surface area contributed by atoms with Crippen molar-refractivity contribution in [2.75, 3.05) is 18.5 Å². The summed E-state index contributed by atoms with van der Waals surface area (Å²) in [5.74, 6) is -1.98. The molecule has 168 valence electrons. The van der Waals surface area contributed by atoms with Gasteiger partial charge in [0.25, 0.3) is 10.0 Å². The highest BCUT2D eigenvalue weighted by Gasteiger charge is 2.24. The third-order valence-electron chi connectivity index (χ3n) is 4.40. The monoisotopic (exact) mass is 481 g/mol. The smallest absolute Gasteiger partial charge is 0.373 e. The molecule has 3 aromatic rings. The fraction of sp³-hybridized carbons (Fsp3) is 0.143. The molecule has 0 aliphatic carbocycles. The number of ether oxygens (including phenoxy) is 2. The van der Waals surface area contributed by atoms with Gasteiger partial charge < -0.3 is 13.9 Å². The molecule has 0 saturated heterocycles. The van der Waals surface area contributed by atoms with E-state index in [0.717, 1.165) is 22.5 Å². The van der Waals surface area contributed by atoms with Gasteiger partial charge >= 0.3 is 11.9 Å². The lowest BCUT2D eigenvalue weighted by atomic mass is 10.2. The van der Waals surface area contributed by atoms with Crippen LogP contribution in [0.5, 0.6) is 0 Å². The Balaban J connectivity index is 1.79. The molecule has 0 atom stereocenters. The molecule has 2 aromatic carbocycles. The SMILES string of the molecule is COC(=O)c1ccc(COC(=O)c2cc(S(=O)(=O)N(C)c3ccc(F)cc3)ccc2Cl)o1. The number of nitrogens with zero attached hydrogens (tertiary/aromatic N) is 1. The van der Waals surface area contributed by atoms with E-state index in [1.54, 1.807) is 0 Å². The van der Waals surface area contributed by atoms with Crippen LogP contribution in [0.25, 0.3) is 0 Å². The van der Waals surface area contributed by atoms with Gasteiger partial charge in [-0.1, -0.05) is 11.6 Å². The second kappa shape index (κ2) is 9.41. The lowest BCUT2D eigenvalue weighted by Crippen LogP contribution is -2.26. The van der Waals surface area contributed by atoms with Gasteiger partial charge in [0.15, 0.2) is 0 Å². The average molecular weight is 482 g/mol. The number of methoxy groups -OCH3 is 1. The summed E-state index contributed by atoms with van der Waals surface area (Å²) in [7, 11) is -1.59. The number of halogens is 2. The summed E-state index contributed by atoms with van der Waals surface area (Å²) in [6, 6.07) is 11.3. The summed E-state index contributed by atoms with van der Waals surface area (Å²) in [4.78, 5) is 23.7. The van der Waals surface area contributed by atoms with Gasteiger partial charge in [-0.25, -0.2) is 22.4 Å². The third-order valence-corrected chi connectivity index (χ3v) is 6.51. The van der Waals surface area contributed by atoms with Crippen LogP contribution in [0.2, 0.25) is 5.02 Å². The molecule has 0 spiro atoms. The number of carbonyl (C=O) groups is 2. The molecule has 0 aliphatic heterocycles. The summed E-state index contributed by atoms with van der Waals surface area (Å²) in [5, 5.41) is -0.0203. The number of hydrogen-bond donors (Lipinski definition) is 0. The molecule has 0 bridgehead atoms. The fourth-order valence-corrected chi connectivity index (χ4v) is 4.07. The molecule has 1 heterocycles. The first-order chi connectivity index (χ1) is 15.1. The maximum absolute atomic E-state index is 13.1. The summed E-state index contributed by atoms with van der Waals surface area (Å²) in [5.41, 5.74) is 0.0460. The number of esters is 2. The lowest BCUT2D eigenvalue weighted by molar-refractivity contribution is 0.0438. The van der Waals surface area contributed by atoms with Crippen LogP contribution in [-0.4, -0.2) is 34.5 Å². The number of furan rings is 1. The number of benzene rings is 2. The summed E-state index contributed by atoms with van der Waals surface area (Å²) < 4.78 is 54.9. The summed E-state index contributed by atoms with van der Waals surface area (Å²) in [6.45, 7) is -0.321. The highest BCUT2D eigenvalue weighted by atomic mass is 35.5. The van der Waals surface area contributed by atoms with Crippen LogP contribution in [0.3, 0.4) is 0 Å². The van der Waals surface area contributed by atoms with E-state index in [1.807, 2.05) is 0 Å². The van der Waals surface area contributed by atoms with Crippen LogP contribution in [0.1, 0.15) is 26.7 Å². The van der Waals surface area contributed by atoms with Gasteiger partial charge in [0, 0.05) is 7.05 Å². The summed E-state index contributed by atoms with van der Waals surface area (Å²) in [6.07, 6.45) is 0. The Hall–Kier alpha value is -3.37. The van der Waals surface area contributed by atoms with E-state index in [2.05, 4.69) is 4.74 Å². The zero-order valence-electron chi connectivity index (χ0n) is 16.9. The van der Waals surface area contributed by atoms with Crippen LogP contribution in [0, 0.1) is 5.82 Å². The number of anilines is 1. The average Bonchev–Trinajstić information content (AvgIpc) is 3.26. The lowest BCUT2D eigenvalue weighted by Gasteiger charge is -2.20. The first kappa shape index (κ1) is 23.3. The Morgan fingerprint density at radius 1 is 1.06 bits per heavy atom. The standard InChI is InChI=1S/C21H17ClFNO7S/c1-24(14-5-3-13(23)4-6-14)32(27,28)16-8-9-18(22)17(11-16)20(25)30-12-15-7-10-19(31-15)21(26)29-2/h3-11H,12H2,1-2H3. The molecule has 0 aliphatic rings. The molecular weight excluding hydrogens is 465 g/mol. The normalized spacial score (nSPS) is 11.1. The molecule has 0 unspecified atom stereocenters. The highest BCUT2D eigenvalue weighted by Crippen LogP contribution is 2.26. The minimum Gasteiger partial charge on any atom is -0.463 e. The largest absolute Gasteiger partial charge is 0.463 e. The minimum absolute atomic E-state index is 0.0203. The quantitative estimate of drug-likeness (QED) is 0.469. The van der Waals surface area contributed by atoms with Gasteiger partial charge in [0.2, 0.25) is 5.76 Å². The molecule has 0 amide bonds. The highest BCUT2D eigenvalue weighted by molar-refractivity contribution is 7.92. The Morgan fingerprint density at radius 2 is 1.75 bits per heavy atom. The molecule has 0 radical (unpaired) electrons. The van der Waals surface area contributed by atoms with Crippen molar-refractivity contribution in [2.24, 2.45) is 0 Å². The van der Waals surface area contributed by atoms with Crippen LogP contribution in [-0.2, 0) is 26.1 Å². The second-order valence-corrected chi connectivity index (χ2v) is 8.80. The molecule has 0 fully saturated rings. The van der Waals surface area contributed by atoms with Crippen molar-refractivity contribution >= 4 is 39.3 Å². The molecule has 11 heteroatoms. The minimum atomic E-state index is -4.08. The molecule has 1 aromatic heterocycles. The van der Waals surface area contributed by atoms with Crippen LogP contribution < -0.4 is 4.31 Å². The van der Waals surface area contributed by atoms with Crippen molar-refractivity contribution in [1.29, 1.82) is 0 Å². The first-order valence-electron chi connectivity index (χ1n) is 9.01. The number of hydrogen-bond acceptors (Lipinski definition) is 7. The topological polar surface area (TPSA) is 103 Å². The molecule has 8 nitrogen and oxygen atoms in total. The van der Waals surface area contributed by atoms with E-state index in [9.17, 15) is 22.4 Å². The van der Waals surface area contributed by atoms with Crippen molar-refractivity contribution in [3.05, 3.63) is 82.5 Å². The predicted octanol–water partition coefficient (Wildman–Crippen LogP) is 4.04. The van der Waals surface area contributed by atoms with Crippen molar-refractivity contribution in [3.63, 3.8) is 0 Å². The van der Waals surface area contributed by atoms with E-state index in [1.165, 1.54) is 50.6 Å².